The van der Waals surface area contributed by atoms with Crippen LogP contribution in [0.1, 0.15) is 31.9 Å². The third-order valence-electron chi connectivity index (χ3n) is 2.53. The number of hydrogen-bond donors (Lipinski definition) is 0. The highest BCUT2D eigenvalue weighted by Gasteiger charge is 2.05. The van der Waals surface area contributed by atoms with Crippen LogP contribution in [-0.2, 0) is 0 Å². The van der Waals surface area contributed by atoms with Gasteiger partial charge in [0.05, 0.1) is 11.7 Å². The number of rotatable bonds is 2. The molecule has 2 rings (SSSR count). The number of allylic oxidation sites excluding steroid dienone is 1. The van der Waals surface area contributed by atoms with Crippen LogP contribution in [0, 0.1) is 6.92 Å². The van der Waals surface area contributed by atoms with Gasteiger partial charge in [0, 0.05) is 18.8 Å². The fourth-order valence-electron chi connectivity index (χ4n) is 1.57. The number of fused-ring (bicyclic) bond motifs is 1. The van der Waals surface area contributed by atoms with Crippen molar-refractivity contribution in [2.75, 3.05) is 7.05 Å². The van der Waals surface area contributed by atoms with E-state index in [2.05, 4.69) is 18.7 Å². The standard InChI is InChI=1S/C13H14N4S.C2H6/c1-4-5-11(14-3)15-8-10-7-6-9(2)12-13(10)17-18-16-12;1-2/h4-8H,1-3H3;1-2H3/b5-4-,14-11?,15-8?;. The van der Waals surface area contributed by atoms with Crippen molar-refractivity contribution in [2.24, 2.45) is 9.98 Å². The molecule has 0 unspecified atom stereocenters. The third-order valence-corrected chi connectivity index (χ3v) is 3.06. The molecule has 0 radical (unpaired) electrons. The molecule has 0 aliphatic heterocycles. The van der Waals surface area contributed by atoms with E-state index in [0.717, 1.165) is 22.2 Å². The van der Waals surface area contributed by atoms with Gasteiger partial charge in [-0.25, -0.2) is 4.99 Å². The summed E-state index contributed by atoms with van der Waals surface area (Å²) in [6.07, 6.45) is 5.56. The Hall–Kier alpha value is -1.88. The molecule has 1 heterocycles. The number of aryl methyl sites for hydroxylation is 1. The zero-order chi connectivity index (χ0) is 15.0. The lowest BCUT2D eigenvalue weighted by atomic mass is 10.1. The molecule has 0 aliphatic carbocycles. The van der Waals surface area contributed by atoms with E-state index in [1.165, 1.54) is 11.7 Å². The van der Waals surface area contributed by atoms with Gasteiger partial charge in [-0.2, -0.15) is 8.75 Å². The summed E-state index contributed by atoms with van der Waals surface area (Å²) >= 11 is 1.23. The predicted octanol–water partition coefficient (Wildman–Crippen LogP) is 4.05. The zero-order valence-electron chi connectivity index (χ0n) is 12.6. The highest BCUT2D eigenvalue weighted by Crippen LogP contribution is 2.19. The molecule has 20 heavy (non-hydrogen) atoms. The molecule has 0 N–H and O–H groups in total. The van der Waals surface area contributed by atoms with Gasteiger partial charge in [0.25, 0.3) is 0 Å². The normalized spacial score (nSPS) is 12.2. The molecule has 0 atom stereocenters. The Morgan fingerprint density at radius 3 is 2.55 bits per heavy atom. The van der Waals surface area contributed by atoms with Gasteiger partial charge in [-0.1, -0.05) is 32.1 Å². The van der Waals surface area contributed by atoms with Gasteiger partial charge in [0.2, 0.25) is 0 Å². The summed E-state index contributed by atoms with van der Waals surface area (Å²) in [4.78, 5) is 8.41. The number of hydrogen-bond acceptors (Lipinski definition) is 4. The van der Waals surface area contributed by atoms with Gasteiger partial charge in [-0.05, 0) is 25.5 Å². The first-order chi connectivity index (χ1) is 9.76. The molecular weight excluding hydrogens is 268 g/mol. The van der Waals surface area contributed by atoms with Crippen LogP contribution in [-0.4, -0.2) is 27.8 Å². The van der Waals surface area contributed by atoms with Crippen molar-refractivity contribution in [2.45, 2.75) is 27.7 Å². The second-order valence-corrected chi connectivity index (χ2v) is 4.30. The Morgan fingerprint density at radius 1 is 1.20 bits per heavy atom. The number of aliphatic imine (C=N–C) groups is 2. The number of benzene rings is 1. The van der Waals surface area contributed by atoms with Gasteiger partial charge >= 0.3 is 0 Å². The SMILES string of the molecule is C/C=C\C(N=Cc1ccc(C)c2nsnc12)=NC.CC. The van der Waals surface area contributed by atoms with Crippen molar-refractivity contribution < 1.29 is 0 Å². The van der Waals surface area contributed by atoms with Crippen molar-refractivity contribution in [1.82, 2.24) is 8.75 Å². The minimum absolute atomic E-state index is 0.689. The maximum Gasteiger partial charge on any atom is 0.146 e. The van der Waals surface area contributed by atoms with Crippen LogP contribution in [0.2, 0.25) is 0 Å². The van der Waals surface area contributed by atoms with E-state index in [1.807, 2.05) is 52.0 Å². The highest BCUT2D eigenvalue weighted by atomic mass is 32.1. The number of aromatic nitrogens is 2. The summed E-state index contributed by atoms with van der Waals surface area (Å²) in [7, 11) is 1.72. The lowest BCUT2D eigenvalue weighted by Gasteiger charge is -1.97. The maximum absolute atomic E-state index is 4.34. The van der Waals surface area contributed by atoms with Crippen molar-refractivity contribution in [3.63, 3.8) is 0 Å². The summed E-state index contributed by atoms with van der Waals surface area (Å²) in [6, 6.07) is 4.04. The molecule has 1 aromatic heterocycles. The van der Waals surface area contributed by atoms with Crippen molar-refractivity contribution in [3.05, 3.63) is 35.4 Å². The number of nitrogens with zero attached hydrogens (tertiary/aromatic N) is 4. The van der Waals surface area contributed by atoms with Crippen LogP contribution < -0.4 is 0 Å². The zero-order valence-corrected chi connectivity index (χ0v) is 13.4. The molecule has 1 aromatic carbocycles. The fraction of sp³-hybridized carbons (Fsp3) is 0.333. The fourth-order valence-corrected chi connectivity index (χ4v) is 2.20. The molecule has 5 heteroatoms. The predicted molar refractivity (Wildman–Crippen MR) is 89.3 cm³/mol. The summed E-state index contributed by atoms with van der Waals surface area (Å²) in [6.45, 7) is 7.97. The van der Waals surface area contributed by atoms with Crippen LogP contribution in [0.5, 0.6) is 0 Å². The molecule has 2 aromatic rings. The van der Waals surface area contributed by atoms with E-state index in [9.17, 15) is 0 Å². The Bertz CT molecular complexity index is 638. The smallest absolute Gasteiger partial charge is 0.146 e. The molecule has 4 nitrogen and oxygen atoms in total. The topological polar surface area (TPSA) is 50.5 Å². The summed E-state index contributed by atoms with van der Waals surface area (Å²) < 4.78 is 8.60. The summed E-state index contributed by atoms with van der Waals surface area (Å²) in [5, 5.41) is 0. The van der Waals surface area contributed by atoms with E-state index in [1.54, 1.807) is 13.3 Å². The van der Waals surface area contributed by atoms with Gasteiger partial charge in [0.15, 0.2) is 0 Å². The molecule has 0 saturated heterocycles. The van der Waals surface area contributed by atoms with Crippen LogP contribution in [0.4, 0.5) is 0 Å². The van der Waals surface area contributed by atoms with Crippen LogP contribution in [0.3, 0.4) is 0 Å². The molecule has 0 aliphatic rings. The Kier molecular flexibility index (Phi) is 6.73. The Balaban J connectivity index is 0.000000956. The third kappa shape index (κ3) is 3.81. The first-order valence-electron chi connectivity index (χ1n) is 6.61. The van der Waals surface area contributed by atoms with Crippen LogP contribution in [0.15, 0.2) is 34.3 Å². The van der Waals surface area contributed by atoms with Gasteiger partial charge in [0.1, 0.15) is 16.9 Å². The minimum atomic E-state index is 0.689. The van der Waals surface area contributed by atoms with E-state index in [4.69, 9.17) is 0 Å². The summed E-state index contributed by atoms with van der Waals surface area (Å²) in [5.41, 5.74) is 3.95. The van der Waals surface area contributed by atoms with E-state index in [-0.39, 0.29) is 0 Å². The Morgan fingerprint density at radius 2 is 1.90 bits per heavy atom. The van der Waals surface area contributed by atoms with E-state index >= 15 is 0 Å². The van der Waals surface area contributed by atoms with E-state index < -0.39 is 0 Å². The average Bonchev–Trinajstić information content (AvgIpc) is 2.98. The molecule has 0 fully saturated rings. The Labute approximate surface area is 124 Å². The number of amidine groups is 1. The van der Waals surface area contributed by atoms with Crippen LogP contribution >= 0.6 is 11.7 Å². The molecule has 0 saturated carbocycles. The second-order valence-electron chi connectivity index (χ2n) is 3.77. The van der Waals surface area contributed by atoms with E-state index in [0.29, 0.717) is 5.84 Å². The van der Waals surface area contributed by atoms with Crippen molar-refractivity contribution in [3.8, 4) is 0 Å². The first-order valence-corrected chi connectivity index (χ1v) is 7.34. The van der Waals surface area contributed by atoms with Gasteiger partial charge < -0.3 is 0 Å². The lowest BCUT2D eigenvalue weighted by molar-refractivity contribution is 1.41. The second kappa shape index (κ2) is 8.32. The van der Waals surface area contributed by atoms with Crippen molar-refractivity contribution in [1.29, 1.82) is 0 Å². The molecule has 106 valence electrons. The lowest BCUT2D eigenvalue weighted by Crippen LogP contribution is -1.92. The van der Waals surface area contributed by atoms with Gasteiger partial charge in [-0.15, -0.1) is 0 Å². The molecule has 0 amide bonds. The summed E-state index contributed by atoms with van der Waals surface area (Å²) in [5.74, 6) is 0.689. The molecule has 0 bridgehead atoms. The van der Waals surface area contributed by atoms with Crippen molar-refractivity contribution >= 4 is 34.8 Å². The quantitative estimate of drug-likeness (QED) is 0.618. The minimum Gasteiger partial charge on any atom is -0.270 e. The largest absolute Gasteiger partial charge is 0.270 e. The highest BCUT2D eigenvalue weighted by molar-refractivity contribution is 7.00. The molecule has 0 spiro atoms. The average molecular weight is 288 g/mol. The van der Waals surface area contributed by atoms with Gasteiger partial charge in [-0.3, -0.25) is 4.99 Å². The van der Waals surface area contributed by atoms with Crippen LogP contribution in [0.25, 0.3) is 11.0 Å². The molecular formula is C15H20N4S. The monoisotopic (exact) mass is 288 g/mol. The first kappa shape index (κ1) is 16.2. The maximum atomic E-state index is 4.34.